The minimum Gasteiger partial charge on any atom is -0.465 e. The third-order valence-electron chi connectivity index (χ3n) is 4.18. The lowest BCUT2D eigenvalue weighted by Gasteiger charge is -2.26. The van der Waals surface area contributed by atoms with E-state index < -0.39 is 5.97 Å². The fourth-order valence-electron chi connectivity index (χ4n) is 2.81. The quantitative estimate of drug-likeness (QED) is 0.826. The Balaban J connectivity index is 1.80. The molecule has 7 nitrogen and oxygen atoms in total. The fraction of sp³-hybridized carbons (Fsp3) is 0.333. The van der Waals surface area contributed by atoms with Crippen LogP contribution in [-0.4, -0.2) is 46.9 Å². The van der Waals surface area contributed by atoms with E-state index in [1.165, 1.54) is 13.4 Å². The molecule has 0 saturated carbocycles. The second-order valence-electron chi connectivity index (χ2n) is 5.95. The monoisotopic (exact) mass is 374 g/mol. The van der Waals surface area contributed by atoms with Gasteiger partial charge < -0.3 is 15.0 Å². The number of aromatic nitrogens is 2. The van der Waals surface area contributed by atoms with Crippen molar-refractivity contribution in [1.29, 1.82) is 0 Å². The van der Waals surface area contributed by atoms with Gasteiger partial charge in [-0.1, -0.05) is 11.6 Å². The highest BCUT2D eigenvalue weighted by molar-refractivity contribution is 6.33. The van der Waals surface area contributed by atoms with Gasteiger partial charge >= 0.3 is 5.97 Å². The van der Waals surface area contributed by atoms with Gasteiger partial charge in [-0.3, -0.25) is 4.79 Å². The van der Waals surface area contributed by atoms with Crippen LogP contribution < -0.4 is 5.32 Å². The average Bonchev–Trinajstić information content (AvgIpc) is 2.69. The molecule has 0 spiro atoms. The van der Waals surface area contributed by atoms with Gasteiger partial charge in [0.1, 0.15) is 17.8 Å². The first-order valence-corrected chi connectivity index (χ1v) is 8.72. The normalized spacial score (nSPS) is 14.0. The van der Waals surface area contributed by atoms with Crippen LogP contribution in [0.4, 0.5) is 11.5 Å². The number of esters is 1. The summed E-state index contributed by atoms with van der Waals surface area (Å²) in [6.07, 6.45) is 4.50. The van der Waals surface area contributed by atoms with Crippen LogP contribution in [0.1, 0.15) is 40.1 Å². The molecule has 0 bridgehead atoms. The number of amides is 1. The number of nitrogens with one attached hydrogen (secondary N) is 1. The highest BCUT2D eigenvalue weighted by Crippen LogP contribution is 2.26. The minimum atomic E-state index is -0.464. The Morgan fingerprint density at radius 3 is 2.65 bits per heavy atom. The van der Waals surface area contributed by atoms with E-state index in [0.29, 0.717) is 27.8 Å². The first-order chi connectivity index (χ1) is 12.6. The van der Waals surface area contributed by atoms with Crippen LogP contribution in [-0.2, 0) is 4.74 Å². The number of nitrogens with zero attached hydrogens (tertiary/aromatic N) is 3. The molecule has 0 aliphatic carbocycles. The van der Waals surface area contributed by atoms with Crippen molar-refractivity contribution in [3.8, 4) is 0 Å². The molecular weight excluding hydrogens is 356 g/mol. The van der Waals surface area contributed by atoms with Gasteiger partial charge in [0.15, 0.2) is 0 Å². The molecule has 0 radical (unpaired) electrons. The Morgan fingerprint density at radius 2 is 1.92 bits per heavy atom. The highest BCUT2D eigenvalue weighted by Gasteiger charge is 2.20. The van der Waals surface area contributed by atoms with Crippen LogP contribution in [0.5, 0.6) is 0 Å². The second-order valence-corrected chi connectivity index (χ2v) is 6.36. The Bertz CT molecular complexity index is 822. The Kier molecular flexibility index (Phi) is 5.68. The lowest BCUT2D eigenvalue weighted by Crippen LogP contribution is -2.36. The molecule has 1 aliphatic rings. The third-order valence-corrected chi connectivity index (χ3v) is 4.51. The van der Waals surface area contributed by atoms with Crippen molar-refractivity contribution in [2.24, 2.45) is 0 Å². The summed E-state index contributed by atoms with van der Waals surface area (Å²) in [5.41, 5.74) is 1.17. The minimum absolute atomic E-state index is 0.107. The molecule has 1 saturated heterocycles. The van der Waals surface area contributed by atoms with Crippen LogP contribution in [0.3, 0.4) is 0 Å². The van der Waals surface area contributed by atoms with E-state index in [1.807, 2.05) is 0 Å². The van der Waals surface area contributed by atoms with Crippen molar-refractivity contribution in [3.05, 3.63) is 46.9 Å². The molecule has 1 aromatic heterocycles. The number of likely N-dealkylation sites (tertiary alicyclic amines) is 1. The van der Waals surface area contributed by atoms with Crippen LogP contribution in [0.15, 0.2) is 30.6 Å². The van der Waals surface area contributed by atoms with E-state index in [2.05, 4.69) is 15.3 Å². The van der Waals surface area contributed by atoms with E-state index in [9.17, 15) is 9.59 Å². The molecule has 1 fully saturated rings. The van der Waals surface area contributed by atoms with Crippen molar-refractivity contribution >= 4 is 35.0 Å². The van der Waals surface area contributed by atoms with E-state index in [4.69, 9.17) is 16.3 Å². The summed E-state index contributed by atoms with van der Waals surface area (Å²) in [6, 6.07) is 6.32. The number of rotatable bonds is 4. The SMILES string of the molecule is COC(=O)c1ccc(Cl)c(Nc2cc(C(=O)N3CCCCC3)ncn2)c1. The Morgan fingerprint density at radius 1 is 1.15 bits per heavy atom. The first-order valence-electron chi connectivity index (χ1n) is 8.34. The molecular formula is C18H19ClN4O3. The summed E-state index contributed by atoms with van der Waals surface area (Å²) >= 11 is 6.18. The molecule has 2 heterocycles. The van der Waals surface area contributed by atoms with Crippen LogP contribution >= 0.6 is 11.6 Å². The number of anilines is 2. The summed E-state index contributed by atoms with van der Waals surface area (Å²) in [7, 11) is 1.31. The zero-order valence-corrected chi connectivity index (χ0v) is 15.1. The van der Waals surface area contributed by atoms with Gasteiger partial charge in [0, 0.05) is 19.2 Å². The molecule has 8 heteroatoms. The fourth-order valence-corrected chi connectivity index (χ4v) is 2.97. The van der Waals surface area contributed by atoms with Gasteiger partial charge in [0.05, 0.1) is 23.4 Å². The van der Waals surface area contributed by atoms with Crippen LogP contribution in [0.2, 0.25) is 5.02 Å². The number of benzene rings is 1. The summed E-state index contributed by atoms with van der Waals surface area (Å²) in [4.78, 5) is 34.3. The predicted octanol–water partition coefficient (Wildman–Crippen LogP) is 3.29. The van der Waals surface area contributed by atoms with E-state index >= 15 is 0 Å². The maximum atomic E-state index is 12.6. The first kappa shape index (κ1) is 18.1. The highest BCUT2D eigenvalue weighted by atomic mass is 35.5. The summed E-state index contributed by atoms with van der Waals surface area (Å²) < 4.78 is 4.71. The number of carbonyl (C=O) groups excluding carboxylic acids is 2. The largest absolute Gasteiger partial charge is 0.465 e. The second kappa shape index (κ2) is 8.14. The van der Waals surface area contributed by atoms with Gasteiger partial charge in [-0.05, 0) is 37.5 Å². The lowest BCUT2D eigenvalue weighted by atomic mass is 10.1. The van der Waals surface area contributed by atoms with Gasteiger partial charge in [0.2, 0.25) is 0 Å². The maximum absolute atomic E-state index is 12.6. The number of ether oxygens (including phenoxy) is 1. The van der Waals surface area contributed by atoms with Crippen molar-refractivity contribution in [1.82, 2.24) is 14.9 Å². The van der Waals surface area contributed by atoms with Gasteiger partial charge in [-0.2, -0.15) is 0 Å². The standard InChI is InChI=1S/C18H19ClN4O3/c1-26-18(25)12-5-6-13(19)14(9-12)22-16-10-15(20-11-21-16)17(24)23-7-3-2-4-8-23/h5-6,9-11H,2-4,7-8H2,1H3,(H,20,21,22). The molecule has 1 N–H and O–H groups in total. The number of carbonyl (C=O) groups is 2. The number of hydrogen-bond acceptors (Lipinski definition) is 6. The number of halogens is 1. The maximum Gasteiger partial charge on any atom is 0.337 e. The van der Waals surface area contributed by atoms with Crippen molar-refractivity contribution in [3.63, 3.8) is 0 Å². The number of piperidine rings is 1. The molecule has 1 amide bonds. The smallest absolute Gasteiger partial charge is 0.337 e. The molecule has 136 valence electrons. The molecule has 0 atom stereocenters. The Hall–Kier alpha value is -2.67. The molecule has 2 aromatic rings. The van der Waals surface area contributed by atoms with Gasteiger partial charge in [0.25, 0.3) is 5.91 Å². The summed E-state index contributed by atoms with van der Waals surface area (Å²) in [5, 5.41) is 3.45. The predicted molar refractivity (Wildman–Crippen MR) is 97.9 cm³/mol. The van der Waals surface area contributed by atoms with Crippen molar-refractivity contribution in [2.45, 2.75) is 19.3 Å². The van der Waals surface area contributed by atoms with Crippen LogP contribution in [0.25, 0.3) is 0 Å². The Labute approximate surface area is 156 Å². The van der Waals surface area contributed by atoms with Crippen LogP contribution in [0, 0.1) is 0 Å². The van der Waals surface area contributed by atoms with Gasteiger partial charge in [-0.15, -0.1) is 0 Å². The van der Waals surface area contributed by atoms with E-state index in [0.717, 1.165) is 32.4 Å². The van der Waals surface area contributed by atoms with Gasteiger partial charge in [-0.25, -0.2) is 14.8 Å². The van der Waals surface area contributed by atoms with Crippen molar-refractivity contribution in [2.75, 3.05) is 25.5 Å². The lowest BCUT2D eigenvalue weighted by molar-refractivity contribution is 0.0600. The third kappa shape index (κ3) is 4.11. The molecule has 1 aromatic carbocycles. The van der Waals surface area contributed by atoms with E-state index in [1.54, 1.807) is 29.2 Å². The summed E-state index contributed by atoms with van der Waals surface area (Å²) in [5.74, 6) is -0.151. The van der Waals surface area contributed by atoms with E-state index in [-0.39, 0.29) is 5.91 Å². The summed E-state index contributed by atoms with van der Waals surface area (Å²) in [6.45, 7) is 1.50. The average molecular weight is 375 g/mol. The molecule has 26 heavy (non-hydrogen) atoms. The molecule has 0 unspecified atom stereocenters. The number of hydrogen-bond donors (Lipinski definition) is 1. The zero-order chi connectivity index (χ0) is 18.5. The zero-order valence-electron chi connectivity index (χ0n) is 14.4. The topological polar surface area (TPSA) is 84.4 Å². The number of methoxy groups -OCH3 is 1. The molecule has 1 aliphatic heterocycles. The van der Waals surface area contributed by atoms with Crippen molar-refractivity contribution < 1.29 is 14.3 Å². The molecule has 3 rings (SSSR count).